The van der Waals surface area contributed by atoms with Crippen molar-refractivity contribution >= 4 is 34.4 Å². The van der Waals surface area contributed by atoms with Crippen LogP contribution in [0.2, 0.25) is 0 Å². The maximum absolute atomic E-state index is 12.6. The van der Waals surface area contributed by atoms with Crippen molar-refractivity contribution in [2.24, 2.45) is 0 Å². The van der Waals surface area contributed by atoms with Crippen molar-refractivity contribution in [1.29, 1.82) is 0 Å². The minimum Gasteiger partial charge on any atom is -0.382 e. The summed E-state index contributed by atoms with van der Waals surface area (Å²) in [7, 11) is 0.560. The van der Waals surface area contributed by atoms with Crippen LogP contribution < -0.4 is 11.1 Å². The number of aryl methyl sites for hydroxylation is 1. The van der Waals surface area contributed by atoms with Gasteiger partial charge in [0, 0.05) is 48.7 Å². The first kappa shape index (κ1) is 30.6. The smallest absolute Gasteiger partial charge is 0.150 e. The zero-order valence-electron chi connectivity index (χ0n) is 23.7. The second kappa shape index (κ2) is 15.0. The molecule has 3 heterocycles. The molecule has 3 aromatic heterocycles. The van der Waals surface area contributed by atoms with Crippen molar-refractivity contribution in [3.8, 4) is 11.3 Å². The standard InChI is InChI=1S/C21H25N5O2S.C9H14N2/c1-4-7-17(26(5-2)29(28)6-3)21-24-18(16-10-8-15(14-27)9-11-16)19-20(22)23-12-13-25(19)21;1-3-4-8-5-6-11-9(7-8)10-2/h6,8-14,17H,3-5,7H2,1-2H3,(H2,22,23);5-7H,3-4H2,1-2H3,(H,10,11)/t17-,29?;/m0./s1. The van der Waals surface area contributed by atoms with Crippen LogP contribution in [-0.4, -0.2) is 47.7 Å². The average Bonchev–Trinajstić information content (AvgIpc) is 3.38. The molecule has 4 aromatic rings. The number of carbonyl (C=O) groups is 1. The summed E-state index contributed by atoms with van der Waals surface area (Å²) in [5.41, 5.74) is 10.4. The largest absolute Gasteiger partial charge is 0.382 e. The number of nitrogens with one attached hydrogen (secondary N) is 1. The predicted molar refractivity (Wildman–Crippen MR) is 164 cm³/mol. The highest BCUT2D eigenvalue weighted by molar-refractivity contribution is 7.85. The lowest BCUT2D eigenvalue weighted by molar-refractivity contribution is 0.112. The Morgan fingerprint density at radius 3 is 2.48 bits per heavy atom. The lowest BCUT2D eigenvalue weighted by atomic mass is 10.1. The summed E-state index contributed by atoms with van der Waals surface area (Å²) in [6.45, 7) is 10.5. The highest BCUT2D eigenvalue weighted by Crippen LogP contribution is 2.34. The molecule has 0 aliphatic rings. The number of aldehydes is 1. The van der Waals surface area contributed by atoms with Gasteiger partial charge in [0.05, 0.1) is 6.04 Å². The normalized spacial score (nSPS) is 12.4. The molecule has 9 nitrogen and oxygen atoms in total. The number of nitrogen functional groups attached to an aromatic ring is 1. The van der Waals surface area contributed by atoms with Crippen LogP contribution >= 0.6 is 0 Å². The van der Waals surface area contributed by atoms with E-state index in [0.717, 1.165) is 42.8 Å². The first-order valence-electron chi connectivity index (χ1n) is 13.5. The highest BCUT2D eigenvalue weighted by atomic mass is 32.2. The van der Waals surface area contributed by atoms with Crippen LogP contribution in [0.25, 0.3) is 16.8 Å². The first-order valence-corrected chi connectivity index (χ1v) is 14.7. The van der Waals surface area contributed by atoms with Crippen molar-refractivity contribution in [3.63, 3.8) is 0 Å². The van der Waals surface area contributed by atoms with Crippen LogP contribution in [0.3, 0.4) is 0 Å². The van der Waals surface area contributed by atoms with E-state index in [0.29, 0.717) is 29.1 Å². The monoisotopic (exact) mass is 561 g/mol. The quantitative estimate of drug-likeness (QED) is 0.209. The zero-order valence-corrected chi connectivity index (χ0v) is 24.5. The molecule has 0 saturated heterocycles. The number of anilines is 2. The maximum atomic E-state index is 12.6. The second-order valence-corrected chi connectivity index (χ2v) is 10.5. The SMILES string of the molecule is C=CS(=O)N(CC)[C@@H](CCC)c1nc(-c2ccc(C=O)cc2)c2c(N)nccn12.CCCc1ccnc(NC)c1. The molecule has 4 rings (SSSR count). The lowest BCUT2D eigenvalue weighted by Gasteiger charge is -2.27. The van der Waals surface area contributed by atoms with E-state index < -0.39 is 11.0 Å². The summed E-state index contributed by atoms with van der Waals surface area (Å²) in [5.74, 6) is 2.07. The average molecular weight is 562 g/mol. The van der Waals surface area contributed by atoms with E-state index in [1.54, 1.807) is 18.3 Å². The van der Waals surface area contributed by atoms with Gasteiger partial charge in [0.25, 0.3) is 0 Å². The van der Waals surface area contributed by atoms with E-state index in [4.69, 9.17) is 10.7 Å². The third-order valence-corrected chi connectivity index (χ3v) is 7.70. The summed E-state index contributed by atoms with van der Waals surface area (Å²) < 4.78 is 16.4. The number of rotatable bonds is 12. The number of imidazole rings is 1. The number of hydrogen-bond donors (Lipinski definition) is 2. The van der Waals surface area contributed by atoms with E-state index in [-0.39, 0.29) is 6.04 Å². The minimum atomic E-state index is -1.33. The van der Waals surface area contributed by atoms with Crippen LogP contribution in [-0.2, 0) is 17.4 Å². The van der Waals surface area contributed by atoms with Crippen molar-refractivity contribution in [2.75, 3.05) is 24.6 Å². The van der Waals surface area contributed by atoms with Crippen LogP contribution in [0.5, 0.6) is 0 Å². The fourth-order valence-electron chi connectivity index (χ4n) is 4.54. The van der Waals surface area contributed by atoms with Gasteiger partial charge in [-0.2, -0.15) is 0 Å². The van der Waals surface area contributed by atoms with Gasteiger partial charge in [-0.25, -0.2) is 23.5 Å². The Hall–Kier alpha value is -3.89. The molecule has 1 aromatic carbocycles. The number of aromatic nitrogens is 4. The lowest BCUT2D eigenvalue weighted by Crippen LogP contribution is -2.31. The molecule has 0 saturated carbocycles. The van der Waals surface area contributed by atoms with Gasteiger partial charge >= 0.3 is 0 Å². The molecule has 0 amide bonds. The topological polar surface area (TPSA) is 119 Å². The third-order valence-electron chi connectivity index (χ3n) is 6.44. The molecule has 1 unspecified atom stereocenters. The summed E-state index contributed by atoms with van der Waals surface area (Å²) >= 11 is 0. The summed E-state index contributed by atoms with van der Waals surface area (Å²) in [5, 5.41) is 4.46. The molecule has 212 valence electrons. The number of nitrogens with two attached hydrogens (primary N) is 1. The van der Waals surface area contributed by atoms with Gasteiger partial charge in [0.1, 0.15) is 45.9 Å². The Bertz CT molecular complexity index is 1440. The van der Waals surface area contributed by atoms with Gasteiger partial charge in [-0.05, 0) is 30.5 Å². The zero-order chi connectivity index (χ0) is 29.1. The number of pyridine rings is 1. The molecular weight excluding hydrogens is 522 g/mol. The molecular formula is C30H39N7O2S. The fourth-order valence-corrected chi connectivity index (χ4v) is 5.44. The van der Waals surface area contributed by atoms with E-state index >= 15 is 0 Å². The van der Waals surface area contributed by atoms with E-state index in [9.17, 15) is 9.00 Å². The van der Waals surface area contributed by atoms with Gasteiger partial charge in [-0.1, -0.05) is 64.5 Å². The predicted octanol–water partition coefficient (Wildman–Crippen LogP) is 5.84. The van der Waals surface area contributed by atoms with Crippen molar-refractivity contribution < 1.29 is 9.00 Å². The van der Waals surface area contributed by atoms with Gasteiger partial charge in [0.2, 0.25) is 0 Å². The summed E-state index contributed by atoms with van der Waals surface area (Å²) in [6, 6.07) is 11.1. The van der Waals surface area contributed by atoms with E-state index in [1.165, 1.54) is 17.4 Å². The molecule has 3 N–H and O–H groups in total. The molecule has 40 heavy (non-hydrogen) atoms. The molecule has 0 aliphatic carbocycles. The third kappa shape index (κ3) is 7.19. The van der Waals surface area contributed by atoms with Gasteiger partial charge in [-0.3, -0.25) is 9.20 Å². The van der Waals surface area contributed by atoms with E-state index in [1.807, 2.05) is 47.2 Å². The van der Waals surface area contributed by atoms with Crippen molar-refractivity contribution in [3.05, 3.63) is 83.9 Å². The van der Waals surface area contributed by atoms with Crippen LogP contribution in [0, 0.1) is 0 Å². The molecule has 0 aliphatic heterocycles. The Morgan fingerprint density at radius 2 is 1.88 bits per heavy atom. The van der Waals surface area contributed by atoms with Gasteiger partial charge in [0.15, 0.2) is 0 Å². The number of nitrogens with zero attached hydrogens (tertiary/aromatic N) is 5. The van der Waals surface area contributed by atoms with E-state index in [2.05, 4.69) is 47.8 Å². The minimum absolute atomic E-state index is 0.180. The number of hydrogen-bond acceptors (Lipinski definition) is 7. The van der Waals surface area contributed by atoms with Crippen LogP contribution in [0.15, 0.2) is 67.0 Å². The van der Waals surface area contributed by atoms with Crippen LogP contribution in [0.1, 0.15) is 67.8 Å². The molecule has 0 spiro atoms. The molecule has 2 atom stereocenters. The summed E-state index contributed by atoms with van der Waals surface area (Å²) in [6.07, 6.45) is 10.1. The summed E-state index contributed by atoms with van der Waals surface area (Å²) in [4.78, 5) is 24.3. The number of benzene rings is 1. The molecule has 0 bridgehead atoms. The van der Waals surface area contributed by atoms with Gasteiger partial charge < -0.3 is 11.1 Å². The molecule has 0 fully saturated rings. The maximum Gasteiger partial charge on any atom is 0.150 e. The number of carbonyl (C=O) groups excluding carboxylic acids is 1. The van der Waals surface area contributed by atoms with Crippen molar-refractivity contribution in [1.82, 2.24) is 23.7 Å². The fraction of sp³-hybridized carbons (Fsp3) is 0.333. The Balaban J connectivity index is 0.000000336. The molecule has 0 radical (unpaired) electrons. The Labute approximate surface area is 239 Å². The van der Waals surface area contributed by atoms with Crippen molar-refractivity contribution in [2.45, 2.75) is 52.5 Å². The number of fused-ring (bicyclic) bond motifs is 1. The van der Waals surface area contributed by atoms with Crippen LogP contribution in [0.4, 0.5) is 11.6 Å². The molecule has 10 heteroatoms. The Kier molecular flexibility index (Phi) is 11.5. The van der Waals surface area contributed by atoms with Gasteiger partial charge in [-0.15, -0.1) is 0 Å². The highest BCUT2D eigenvalue weighted by Gasteiger charge is 2.28. The second-order valence-electron chi connectivity index (χ2n) is 9.12. The Morgan fingerprint density at radius 1 is 1.12 bits per heavy atom. The first-order chi connectivity index (χ1) is 19.4.